The Kier molecular flexibility index (Phi) is 11.4. The van der Waals surface area contributed by atoms with Crippen LogP contribution in [0.2, 0.25) is 0 Å². The van der Waals surface area contributed by atoms with Crippen LogP contribution in [0.4, 0.5) is 0 Å². The Morgan fingerprint density at radius 3 is 2.59 bits per heavy atom. The van der Waals surface area contributed by atoms with Crippen molar-refractivity contribution in [1.82, 2.24) is 24.7 Å². The number of hydrogen-bond donors (Lipinski definition) is 3. The minimum absolute atomic E-state index is 0. The topological polar surface area (TPSA) is 112 Å². The van der Waals surface area contributed by atoms with Gasteiger partial charge in [-0.25, -0.2) is 17.7 Å². The van der Waals surface area contributed by atoms with Crippen LogP contribution in [0.5, 0.6) is 0 Å². The van der Waals surface area contributed by atoms with E-state index >= 15 is 0 Å². The fraction of sp³-hybridized carbons (Fsp3) is 0.750. The number of sulfonamides is 1. The monoisotopic (exact) mass is 516 g/mol. The number of aliphatic hydroxyl groups is 1. The predicted molar refractivity (Wildman–Crippen MR) is 119 cm³/mol. The maximum absolute atomic E-state index is 11.7. The van der Waals surface area contributed by atoms with Crippen molar-refractivity contribution in [2.24, 2.45) is 12.0 Å². The van der Waals surface area contributed by atoms with Gasteiger partial charge in [0.25, 0.3) is 0 Å². The SMILES string of the molecule is CCNC(=NCC(C)(O)c1cnn(C)c1)NCCCN(C)S(=O)(=O)CC.I. The number of rotatable bonds is 10. The summed E-state index contributed by atoms with van der Waals surface area (Å²) in [7, 11) is 0.234. The number of aliphatic imine (C=N–C) groups is 1. The molecule has 158 valence electrons. The Hall–Kier alpha value is -0.920. The number of aromatic nitrogens is 2. The van der Waals surface area contributed by atoms with Crippen LogP contribution in [0.3, 0.4) is 0 Å². The minimum atomic E-state index is -3.15. The summed E-state index contributed by atoms with van der Waals surface area (Å²) in [4.78, 5) is 4.43. The van der Waals surface area contributed by atoms with Crippen molar-refractivity contribution in [2.75, 3.05) is 39.0 Å². The van der Waals surface area contributed by atoms with E-state index in [1.54, 1.807) is 45.0 Å². The normalized spacial score (nSPS) is 14.6. The van der Waals surface area contributed by atoms with Crippen LogP contribution in [-0.4, -0.2) is 72.5 Å². The molecule has 1 rings (SSSR count). The molecule has 0 radical (unpaired) electrons. The smallest absolute Gasteiger partial charge is 0.213 e. The molecule has 0 spiro atoms. The Morgan fingerprint density at radius 2 is 2.07 bits per heavy atom. The lowest BCUT2D eigenvalue weighted by atomic mass is 10.0. The van der Waals surface area contributed by atoms with Crippen molar-refractivity contribution < 1.29 is 13.5 Å². The van der Waals surface area contributed by atoms with Gasteiger partial charge in [0, 0.05) is 45.5 Å². The van der Waals surface area contributed by atoms with Crippen LogP contribution in [-0.2, 0) is 22.7 Å². The van der Waals surface area contributed by atoms with E-state index in [0.29, 0.717) is 37.6 Å². The van der Waals surface area contributed by atoms with E-state index < -0.39 is 15.6 Å². The van der Waals surface area contributed by atoms with E-state index in [9.17, 15) is 13.5 Å². The average Bonchev–Trinajstić information content (AvgIpc) is 3.03. The number of halogens is 1. The molecule has 1 aromatic rings. The summed E-state index contributed by atoms with van der Waals surface area (Å²) < 4.78 is 26.4. The summed E-state index contributed by atoms with van der Waals surface area (Å²) in [6.45, 7) is 7.16. The Labute approximate surface area is 179 Å². The van der Waals surface area contributed by atoms with Gasteiger partial charge >= 0.3 is 0 Å². The first-order chi connectivity index (χ1) is 12.1. The molecule has 0 aliphatic rings. The third-order valence-electron chi connectivity index (χ3n) is 4.00. The second kappa shape index (κ2) is 11.8. The molecule has 0 aliphatic carbocycles. The van der Waals surface area contributed by atoms with Crippen LogP contribution in [0.1, 0.15) is 32.8 Å². The van der Waals surface area contributed by atoms with Gasteiger partial charge in [-0.1, -0.05) is 0 Å². The molecule has 27 heavy (non-hydrogen) atoms. The first kappa shape index (κ1) is 26.1. The highest BCUT2D eigenvalue weighted by Crippen LogP contribution is 2.19. The van der Waals surface area contributed by atoms with Crippen LogP contribution in [0, 0.1) is 0 Å². The summed E-state index contributed by atoms with van der Waals surface area (Å²) >= 11 is 0. The van der Waals surface area contributed by atoms with E-state index in [0.717, 1.165) is 0 Å². The standard InChI is InChI=1S/C16H32N6O3S.HI/c1-6-17-15(18-9-8-10-22(5)26(24,25)7-2)19-13-16(3,23)14-11-20-21(4)12-14;/h11-12,23H,6-10,13H2,1-5H3,(H2,17,18,19);1H. The van der Waals surface area contributed by atoms with Gasteiger partial charge in [-0.3, -0.25) is 4.68 Å². The second-order valence-corrected chi connectivity index (χ2v) is 8.74. The lowest BCUT2D eigenvalue weighted by Crippen LogP contribution is -2.40. The number of aryl methyl sites for hydroxylation is 1. The molecule has 9 nitrogen and oxygen atoms in total. The molecule has 1 unspecified atom stereocenters. The molecular formula is C16H33IN6O3S. The third kappa shape index (κ3) is 8.75. The van der Waals surface area contributed by atoms with Gasteiger partial charge in [-0.05, 0) is 27.2 Å². The van der Waals surface area contributed by atoms with Crippen molar-refractivity contribution in [3.05, 3.63) is 18.0 Å². The largest absolute Gasteiger partial charge is 0.383 e. The van der Waals surface area contributed by atoms with E-state index in [1.165, 1.54) is 4.31 Å². The zero-order chi connectivity index (χ0) is 19.8. The minimum Gasteiger partial charge on any atom is -0.383 e. The van der Waals surface area contributed by atoms with Gasteiger partial charge < -0.3 is 15.7 Å². The van der Waals surface area contributed by atoms with E-state index in [4.69, 9.17) is 0 Å². The van der Waals surface area contributed by atoms with Gasteiger partial charge in [0.2, 0.25) is 10.0 Å². The van der Waals surface area contributed by atoms with Gasteiger partial charge in [-0.2, -0.15) is 5.10 Å². The predicted octanol–water partition coefficient (Wildman–Crippen LogP) is 0.472. The highest BCUT2D eigenvalue weighted by molar-refractivity contribution is 14.0. The lowest BCUT2D eigenvalue weighted by Gasteiger charge is -2.21. The summed E-state index contributed by atoms with van der Waals surface area (Å²) in [5, 5.41) is 20.9. The van der Waals surface area contributed by atoms with Crippen LogP contribution in [0.25, 0.3) is 0 Å². The highest BCUT2D eigenvalue weighted by Gasteiger charge is 2.24. The number of guanidine groups is 1. The van der Waals surface area contributed by atoms with Gasteiger partial charge in [0.1, 0.15) is 5.60 Å². The van der Waals surface area contributed by atoms with Gasteiger partial charge in [0.15, 0.2) is 5.96 Å². The molecular weight excluding hydrogens is 483 g/mol. The molecule has 1 atom stereocenters. The molecule has 0 fully saturated rings. The molecule has 1 aromatic heterocycles. The number of nitrogens with one attached hydrogen (secondary N) is 2. The molecule has 1 heterocycles. The fourth-order valence-corrected chi connectivity index (χ4v) is 3.08. The Balaban J connectivity index is 0.00000676. The van der Waals surface area contributed by atoms with Gasteiger partial charge in [-0.15, -0.1) is 24.0 Å². The van der Waals surface area contributed by atoms with Crippen molar-refractivity contribution in [2.45, 2.75) is 32.8 Å². The molecule has 0 aliphatic heterocycles. The molecule has 11 heteroatoms. The zero-order valence-electron chi connectivity index (χ0n) is 16.8. The van der Waals surface area contributed by atoms with Crippen molar-refractivity contribution in [3.8, 4) is 0 Å². The highest BCUT2D eigenvalue weighted by atomic mass is 127. The van der Waals surface area contributed by atoms with Crippen LogP contribution < -0.4 is 10.6 Å². The summed E-state index contributed by atoms with van der Waals surface area (Å²) in [5.74, 6) is 0.683. The average molecular weight is 516 g/mol. The summed E-state index contributed by atoms with van der Waals surface area (Å²) in [6.07, 6.45) is 4.04. The molecule has 0 aromatic carbocycles. The zero-order valence-corrected chi connectivity index (χ0v) is 19.9. The summed E-state index contributed by atoms with van der Waals surface area (Å²) in [5.41, 5.74) is -0.419. The quantitative estimate of drug-likeness (QED) is 0.181. The first-order valence-electron chi connectivity index (χ1n) is 8.80. The fourth-order valence-electron chi connectivity index (χ4n) is 2.23. The maximum Gasteiger partial charge on any atom is 0.213 e. The Morgan fingerprint density at radius 1 is 1.41 bits per heavy atom. The summed E-state index contributed by atoms with van der Waals surface area (Å²) in [6, 6.07) is 0. The molecule has 0 saturated carbocycles. The van der Waals surface area contributed by atoms with Crippen molar-refractivity contribution in [1.29, 1.82) is 0 Å². The van der Waals surface area contributed by atoms with Gasteiger partial charge in [0.05, 0.1) is 18.5 Å². The van der Waals surface area contributed by atoms with E-state index in [2.05, 4.69) is 20.7 Å². The molecule has 0 bridgehead atoms. The number of nitrogens with zero attached hydrogens (tertiary/aromatic N) is 4. The Bertz CT molecular complexity index is 690. The molecule has 3 N–H and O–H groups in total. The molecule has 0 amide bonds. The van der Waals surface area contributed by atoms with Crippen molar-refractivity contribution in [3.63, 3.8) is 0 Å². The van der Waals surface area contributed by atoms with Crippen LogP contribution >= 0.6 is 24.0 Å². The van der Waals surface area contributed by atoms with E-state index in [-0.39, 0.29) is 36.3 Å². The van der Waals surface area contributed by atoms with Crippen molar-refractivity contribution >= 4 is 40.0 Å². The van der Waals surface area contributed by atoms with E-state index in [1.807, 2.05) is 6.92 Å². The first-order valence-corrected chi connectivity index (χ1v) is 10.4. The third-order valence-corrected chi connectivity index (χ3v) is 5.86. The van der Waals surface area contributed by atoms with Crippen LogP contribution in [0.15, 0.2) is 17.4 Å². The maximum atomic E-state index is 11.7. The second-order valence-electron chi connectivity index (χ2n) is 6.37. The molecule has 0 saturated heterocycles. The number of hydrogen-bond acceptors (Lipinski definition) is 5. The lowest BCUT2D eigenvalue weighted by molar-refractivity contribution is 0.0672.